The molecule has 486 valence electrons. The largest absolute Gasteiger partial charge is 0.506 e. The van der Waals surface area contributed by atoms with Gasteiger partial charge in [-0.05, 0) is 206 Å². The van der Waals surface area contributed by atoms with Gasteiger partial charge in [-0.3, -0.25) is 42.8 Å². The molecule has 0 amide bonds. The Morgan fingerprint density at radius 2 is 0.773 bits per heavy atom. The zero-order chi connectivity index (χ0) is 65.3. The van der Waals surface area contributed by atoms with Gasteiger partial charge < -0.3 is 38.6 Å². The molecule has 17 nitrogen and oxygen atoms in total. The minimum atomic E-state index is -4.44. The van der Waals surface area contributed by atoms with Crippen molar-refractivity contribution in [3.63, 3.8) is 0 Å². The summed E-state index contributed by atoms with van der Waals surface area (Å²) in [5.74, 6) is -11.3. The Kier molecular flexibility index (Phi) is 23.5. The first-order valence-corrected chi connectivity index (χ1v) is 32.1. The van der Waals surface area contributed by atoms with Gasteiger partial charge in [0.2, 0.25) is 0 Å². The molecule has 0 atom stereocenters. The summed E-state index contributed by atoms with van der Waals surface area (Å²) in [6.07, 6.45) is 12.4. The van der Waals surface area contributed by atoms with E-state index < -0.39 is 115 Å². The summed E-state index contributed by atoms with van der Waals surface area (Å²) >= 11 is 0. The fraction of sp³-hybridized carbons (Fsp3) is 0.618. The van der Waals surface area contributed by atoms with E-state index in [9.17, 15) is 29.4 Å². The second-order valence-electron chi connectivity index (χ2n) is 28.1. The van der Waals surface area contributed by atoms with Crippen LogP contribution in [0.3, 0.4) is 0 Å². The first kappa shape index (κ1) is 70.9. The molecule has 2 saturated carbocycles. The van der Waals surface area contributed by atoms with Crippen LogP contribution in [0.25, 0.3) is 0 Å². The highest BCUT2D eigenvalue weighted by molar-refractivity contribution is 7.33. The van der Waals surface area contributed by atoms with Crippen LogP contribution >= 0.6 is 8.25 Å². The maximum Gasteiger partial charge on any atom is 0.326 e. The SMILES string of the molecule is Cc1cc(OC(COC(=O)C(C)(C)C)(COC(=O)C(C)(C)C)O[PH](=O)OC(COC(=O)C(C)(C)C)(COC(=O)C(C)(C)C)Oc2cc(C)c(Cc3ccc(O)c(C4CCCCCC4)n3)c(C)c2F)c(F)c(C)c1Cc1ccc(O)c(C2CCCCCC2)n1. The van der Waals surface area contributed by atoms with E-state index in [-0.39, 0.29) is 47.3 Å². The maximum atomic E-state index is 17.4. The number of esters is 4. The summed E-state index contributed by atoms with van der Waals surface area (Å²) in [5.41, 5.74) is 0.0146. The van der Waals surface area contributed by atoms with Gasteiger partial charge in [0.15, 0.2) is 49.6 Å². The Morgan fingerprint density at radius 3 is 1.05 bits per heavy atom. The number of carbonyl (C=O) groups excluding carboxylic acids is 4. The first-order valence-electron chi connectivity index (χ1n) is 30.9. The van der Waals surface area contributed by atoms with Gasteiger partial charge in [-0.2, -0.15) is 0 Å². The van der Waals surface area contributed by atoms with E-state index in [4.69, 9.17) is 47.4 Å². The minimum Gasteiger partial charge on any atom is -0.506 e. The standard InChI is InChI=1S/C68H95F2N2O15P/c1-41-33-53(55(69)43(3)49(41)35-47-29-31-51(73)57(71-47)45-25-21-17-18-22-26-45)84-67(37-80-59(75)63(5,6)7,38-81-60(76)64(8,9)10)86-88(79)87-68(39-82-61(77)65(11,12)13,40-83-62(78)66(14,15)16)85-54-34-42(2)50(44(4)56(54)70)36-48-30-32-52(74)58(72-48)46-27-23-19-20-24-28-46/h29-34,45-46,73-74,88H,17-28,35-40H2,1-16H3. The molecule has 0 bridgehead atoms. The van der Waals surface area contributed by atoms with E-state index in [0.29, 0.717) is 45.0 Å². The molecular weight excluding hydrogens is 1150 g/mol. The Hall–Kier alpha value is -6.17. The number of hydrogen-bond acceptors (Lipinski definition) is 17. The average Bonchev–Trinajstić information content (AvgIpc) is 0.935. The monoisotopic (exact) mass is 1250 g/mol. The summed E-state index contributed by atoms with van der Waals surface area (Å²) < 4.78 is 98.7. The molecular formula is C68H95F2N2O15P. The summed E-state index contributed by atoms with van der Waals surface area (Å²) in [6.45, 7) is 21.2. The number of halogens is 2. The van der Waals surface area contributed by atoms with Crippen LogP contribution in [0.2, 0.25) is 0 Å². The fourth-order valence-corrected chi connectivity index (χ4v) is 11.5. The highest BCUT2D eigenvalue weighted by atomic mass is 31.1. The number of aromatic nitrogens is 2. The van der Waals surface area contributed by atoms with Crippen LogP contribution in [-0.2, 0) is 64.6 Å². The van der Waals surface area contributed by atoms with Gasteiger partial charge in [0.1, 0.15) is 11.5 Å². The van der Waals surface area contributed by atoms with Gasteiger partial charge in [-0.15, -0.1) is 0 Å². The van der Waals surface area contributed by atoms with Crippen molar-refractivity contribution in [2.45, 2.75) is 224 Å². The predicted octanol–water partition coefficient (Wildman–Crippen LogP) is 15.1. The normalized spacial score (nSPS) is 15.3. The quantitative estimate of drug-likeness (QED) is 0.0245. The van der Waals surface area contributed by atoms with E-state index >= 15 is 13.3 Å². The van der Waals surface area contributed by atoms with Crippen LogP contribution < -0.4 is 9.47 Å². The zero-order valence-electron chi connectivity index (χ0n) is 54.7. The van der Waals surface area contributed by atoms with Crippen LogP contribution in [0.4, 0.5) is 8.78 Å². The topological polar surface area (TPSA) is 225 Å². The predicted molar refractivity (Wildman–Crippen MR) is 330 cm³/mol. The molecule has 2 fully saturated rings. The third-order valence-electron chi connectivity index (χ3n) is 16.0. The van der Waals surface area contributed by atoms with Gasteiger partial charge in [-0.1, -0.05) is 51.4 Å². The lowest BCUT2D eigenvalue weighted by atomic mass is 9.94. The summed E-state index contributed by atoms with van der Waals surface area (Å²) in [4.78, 5) is 64.6. The molecule has 6 rings (SSSR count). The molecule has 0 saturated heterocycles. The van der Waals surface area contributed by atoms with E-state index in [1.165, 1.54) is 26.0 Å². The molecule has 2 N–H and O–H groups in total. The van der Waals surface area contributed by atoms with Gasteiger partial charge in [-0.25, -0.2) is 8.78 Å². The number of pyridine rings is 2. The molecule has 2 aromatic carbocycles. The number of hydrogen-bond donors (Lipinski definition) is 2. The van der Waals surface area contributed by atoms with Gasteiger partial charge in [0.05, 0.1) is 33.0 Å². The highest BCUT2D eigenvalue weighted by Gasteiger charge is 2.48. The van der Waals surface area contributed by atoms with Crippen molar-refractivity contribution >= 4 is 32.1 Å². The minimum absolute atomic E-state index is 0.0710. The van der Waals surface area contributed by atoms with Crippen LogP contribution in [-0.4, -0.2) is 82.1 Å². The molecule has 2 aliphatic rings. The Balaban J connectivity index is 1.46. The summed E-state index contributed by atoms with van der Waals surface area (Å²) in [6, 6.07) is 9.31. The molecule has 0 aliphatic heterocycles. The lowest BCUT2D eigenvalue weighted by molar-refractivity contribution is -0.225. The maximum absolute atomic E-state index is 17.4. The molecule has 0 unspecified atom stereocenters. The van der Waals surface area contributed by atoms with Gasteiger partial charge >= 0.3 is 32.1 Å². The van der Waals surface area contributed by atoms with Crippen molar-refractivity contribution < 1.29 is 80.2 Å². The third kappa shape index (κ3) is 18.9. The lowest BCUT2D eigenvalue weighted by Crippen LogP contribution is -2.51. The molecule has 0 spiro atoms. The van der Waals surface area contributed by atoms with E-state index in [1.807, 2.05) is 0 Å². The van der Waals surface area contributed by atoms with Crippen LogP contribution in [0.1, 0.15) is 228 Å². The van der Waals surface area contributed by atoms with Crippen molar-refractivity contribution in [2.24, 2.45) is 21.7 Å². The Labute approximate surface area is 519 Å². The first-order chi connectivity index (χ1) is 40.9. The molecule has 88 heavy (non-hydrogen) atoms. The van der Waals surface area contributed by atoms with Crippen LogP contribution in [0.5, 0.6) is 23.0 Å². The molecule has 2 aromatic heterocycles. The molecule has 2 aliphatic carbocycles. The van der Waals surface area contributed by atoms with Crippen molar-refractivity contribution in [1.82, 2.24) is 9.97 Å². The molecule has 2 heterocycles. The number of carbonyl (C=O) groups is 4. The Morgan fingerprint density at radius 1 is 0.489 bits per heavy atom. The number of aromatic hydroxyl groups is 2. The average molecular weight is 1250 g/mol. The van der Waals surface area contributed by atoms with Crippen LogP contribution in [0, 0.1) is 61.0 Å². The molecule has 0 radical (unpaired) electrons. The van der Waals surface area contributed by atoms with E-state index in [2.05, 4.69) is 0 Å². The van der Waals surface area contributed by atoms with E-state index in [0.717, 1.165) is 77.0 Å². The van der Waals surface area contributed by atoms with Crippen molar-refractivity contribution in [2.75, 3.05) is 26.4 Å². The summed E-state index contributed by atoms with van der Waals surface area (Å²) in [5, 5.41) is 21.9. The van der Waals surface area contributed by atoms with Crippen molar-refractivity contribution in [3.05, 3.63) is 104 Å². The second-order valence-corrected chi connectivity index (χ2v) is 29.1. The number of aryl methyl sites for hydroxylation is 2. The highest BCUT2D eigenvalue weighted by Crippen LogP contribution is 2.44. The lowest BCUT2D eigenvalue weighted by Gasteiger charge is -2.37. The smallest absolute Gasteiger partial charge is 0.326 e. The molecule has 4 aromatic rings. The van der Waals surface area contributed by atoms with E-state index in [1.54, 1.807) is 121 Å². The summed E-state index contributed by atoms with van der Waals surface area (Å²) in [7, 11) is -4.44. The van der Waals surface area contributed by atoms with Crippen molar-refractivity contribution in [1.29, 1.82) is 0 Å². The zero-order valence-corrected chi connectivity index (χ0v) is 55.7. The van der Waals surface area contributed by atoms with Crippen molar-refractivity contribution in [3.8, 4) is 23.0 Å². The number of rotatable bonds is 22. The number of benzene rings is 2. The third-order valence-corrected chi connectivity index (χ3v) is 17.1. The second kappa shape index (κ2) is 29.2. The van der Waals surface area contributed by atoms with Crippen LogP contribution in [0.15, 0.2) is 36.4 Å². The van der Waals surface area contributed by atoms with Gasteiger partial charge in [0.25, 0.3) is 11.6 Å². The number of nitrogens with zero attached hydrogens (tertiary/aromatic N) is 2. The van der Waals surface area contributed by atoms with Gasteiger partial charge in [0, 0.05) is 36.1 Å². The number of ether oxygens (including phenoxy) is 6. The fourth-order valence-electron chi connectivity index (χ4n) is 10.6. The Bertz CT molecular complexity index is 2890. The molecule has 20 heteroatoms.